The van der Waals surface area contributed by atoms with Gasteiger partial charge in [-0.05, 0) is 55.2 Å². The highest BCUT2D eigenvalue weighted by Crippen LogP contribution is 2.37. The van der Waals surface area contributed by atoms with Gasteiger partial charge in [-0.25, -0.2) is 4.39 Å². The minimum Gasteiger partial charge on any atom is -0.403 e. The van der Waals surface area contributed by atoms with E-state index in [1.807, 2.05) is 6.08 Å². The standard InChI is InChI=1S/C18H20F6O2/c1-2-12-3-5-13(6-4-12)10-17(20,21)25-11-14-7-8-16(15(19)9-14)26-18(22,23)24/h2,7-9,12-13H,1,3-6,10-11H2/t12-,13-. The molecule has 0 saturated heterocycles. The van der Waals surface area contributed by atoms with E-state index in [2.05, 4.69) is 16.1 Å². The zero-order chi connectivity index (χ0) is 19.4. The summed E-state index contributed by atoms with van der Waals surface area (Å²) in [5.74, 6) is -2.12. The van der Waals surface area contributed by atoms with Crippen LogP contribution < -0.4 is 4.74 Å². The van der Waals surface area contributed by atoms with E-state index in [4.69, 9.17) is 0 Å². The van der Waals surface area contributed by atoms with Crippen molar-refractivity contribution in [3.8, 4) is 5.75 Å². The molecular formula is C18H20F6O2. The number of halogens is 6. The first-order valence-electron chi connectivity index (χ1n) is 8.26. The molecule has 0 spiro atoms. The Labute approximate surface area is 147 Å². The molecule has 1 aromatic carbocycles. The lowest BCUT2D eigenvalue weighted by atomic mass is 9.80. The molecule has 1 aromatic rings. The van der Waals surface area contributed by atoms with Gasteiger partial charge in [-0.15, -0.1) is 19.8 Å². The van der Waals surface area contributed by atoms with Gasteiger partial charge in [-0.1, -0.05) is 12.1 Å². The number of hydrogen-bond donors (Lipinski definition) is 0. The van der Waals surface area contributed by atoms with Crippen LogP contribution >= 0.6 is 0 Å². The molecule has 1 aliphatic rings. The quantitative estimate of drug-likeness (QED) is 0.412. The molecule has 1 fully saturated rings. The summed E-state index contributed by atoms with van der Waals surface area (Å²) in [5.41, 5.74) is -0.00735. The number of benzene rings is 1. The maximum Gasteiger partial charge on any atom is 0.573 e. The molecule has 26 heavy (non-hydrogen) atoms. The second-order valence-electron chi connectivity index (χ2n) is 6.46. The molecule has 1 saturated carbocycles. The lowest BCUT2D eigenvalue weighted by molar-refractivity contribution is -0.275. The Morgan fingerprint density at radius 2 is 1.73 bits per heavy atom. The maximum atomic E-state index is 14.0. The highest BCUT2D eigenvalue weighted by Gasteiger charge is 2.35. The fraction of sp³-hybridized carbons (Fsp3) is 0.556. The minimum absolute atomic E-state index is 0.00735. The Kier molecular flexibility index (Phi) is 6.60. The van der Waals surface area contributed by atoms with Gasteiger partial charge < -0.3 is 9.47 Å². The van der Waals surface area contributed by atoms with Crippen LogP contribution in [0.15, 0.2) is 30.9 Å². The van der Waals surface area contributed by atoms with Gasteiger partial charge in [0.1, 0.15) is 0 Å². The van der Waals surface area contributed by atoms with Crippen LogP contribution in [-0.4, -0.2) is 12.5 Å². The Morgan fingerprint density at radius 3 is 2.27 bits per heavy atom. The van der Waals surface area contributed by atoms with E-state index in [1.54, 1.807) is 0 Å². The summed E-state index contributed by atoms with van der Waals surface area (Å²) in [7, 11) is 0. The van der Waals surface area contributed by atoms with Crippen LogP contribution in [0.3, 0.4) is 0 Å². The van der Waals surface area contributed by atoms with Crippen LogP contribution in [0.25, 0.3) is 0 Å². The summed E-state index contributed by atoms with van der Waals surface area (Å²) in [6.07, 6.45) is -4.06. The molecule has 0 amide bonds. The van der Waals surface area contributed by atoms with Gasteiger partial charge in [0.05, 0.1) is 6.61 Å². The Bertz CT molecular complexity index is 606. The van der Waals surface area contributed by atoms with E-state index in [-0.39, 0.29) is 11.5 Å². The summed E-state index contributed by atoms with van der Waals surface area (Å²) in [6, 6.07) is 2.47. The summed E-state index contributed by atoms with van der Waals surface area (Å²) in [5, 5.41) is 0. The maximum absolute atomic E-state index is 14.0. The zero-order valence-electron chi connectivity index (χ0n) is 14.0. The van der Waals surface area contributed by atoms with Crippen molar-refractivity contribution < 1.29 is 35.8 Å². The van der Waals surface area contributed by atoms with E-state index in [0.717, 1.165) is 25.0 Å². The average molecular weight is 382 g/mol. The largest absolute Gasteiger partial charge is 0.573 e. The fourth-order valence-corrected chi connectivity index (χ4v) is 3.05. The SMILES string of the molecule is C=C[C@H]1CC[C@H](CC(F)(F)OCc2ccc(OC(F)(F)F)c(F)c2)CC1. The monoisotopic (exact) mass is 382 g/mol. The van der Waals surface area contributed by atoms with Crippen molar-refractivity contribution in [3.63, 3.8) is 0 Å². The number of ether oxygens (including phenoxy) is 2. The molecule has 1 aliphatic carbocycles. The first-order chi connectivity index (χ1) is 12.1. The van der Waals surface area contributed by atoms with Crippen LogP contribution in [0.4, 0.5) is 26.3 Å². The Balaban J connectivity index is 1.87. The molecule has 0 aliphatic heterocycles. The van der Waals surface area contributed by atoms with Crippen LogP contribution in [0, 0.1) is 17.7 Å². The van der Waals surface area contributed by atoms with Crippen molar-refractivity contribution in [1.82, 2.24) is 0 Å². The van der Waals surface area contributed by atoms with Gasteiger partial charge in [0.2, 0.25) is 0 Å². The number of hydrogen-bond acceptors (Lipinski definition) is 2. The van der Waals surface area contributed by atoms with Crippen LogP contribution in [-0.2, 0) is 11.3 Å². The molecule has 0 radical (unpaired) electrons. The third kappa shape index (κ3) is 6.55. The predicted octanol–water partition coefficient (Wildman–Crippen LogP) is 6.22. The molecule has 0 atom stereocenters. The van der Waals surface area contributed by atoms with Gasteiger partial charge in [-0.3, -0.25) is 0 Å². The van der Waals surface area contributed by atoms with Crippen LogP contribution in [0.2, 0.25) is 0 Å². The second kappa shape index (κ2) is 8.33. The van der Waals surface area contributed by atoms with E-state index in [1.165, 1.54) is 0 Å². The summed E-state index contributed by atoms with van der Waals surface area (Å²) in [4.78, 5) is 0. The molecule has 146 valence electrons. The van der Waals surface area contributed by atoms with E-state index in [9.17, 15) is 26.3 Å². The normalized spacial score (nSPS) is 21.5. The molecule has 8 heteroatoms. The lowest BCUT2D eigenvalue weighted by Gasteiger charge is -2.29. The summed E-state index contributed by atoms with van der Waals surface area (Å²) in [6.45, 7) is 3.09. The minimum atomic E-state index is -5.03. The van der Waals surface area contributed by atoms with Gasteiger partial charge in [0, 0.05) is 6.42 Å². The lowest BCUT2D eigenvalue weighted by Crippen LogP contribution is -2.27. The zero-order valence-corrected chi connectivity index (χ0v) is 14.0. The van der Waals surface area contributed by atoms with Crippen LogP contribution in [0.5, 0.6) is 5.75 Å². The van der Waals surface area contributed by atoms with Crippen molar-refractivity contribution in [2.45, 2.75) is 51.2 Å². The van der Waals surface area contributed by atoms with Crippen molar-refractivity contribution in [1.29, 1.82) is 0 Å². The fourth-order valence-electron chi connectivity index (χ4n) is 3.05. The van der Waals surface area contributed by atoms with Gasteiger partial charge in [0.15, 0.2) is 11.6 Å². The highest BCUT2D eigenvalue weighted by molar-refractivity contribution is 5.29. The summed E-state index contributed by atoms with van der Waals surface area (Å²) >= 11 is 0. The Hall–Kier alpha value is -1.70. The molecule has 0 N–H and O–H groups in total. The number of rotatable bonds is 7. The van der Waals surface area contributed by atoms with Gasteiger partial charge in [-0.2, -0.15) is 8.78 Å². The third-order valence-corrected chi connectivity index (χ3v) is 4.42. The van der Waals surface area contributed by atoms with Crippen molar-refractivity contribution in [3.05, 3.63) is 42.2 Å². The molecule has 0 aromatic heterocycles. The molecule has 2 rings (SSSR count). The molecular weight excluding hydrogens is 362 g/mol. The smallest absolute Gasteiger partial charge is 0.403 e. The number of allylic oxidation sites excluding steroid dienone is 1. The number of alkyl halides is 5. The summed E-state index contributed by atoms with van der Waals surface area (Å²) < 4.78 is 85.8. The van der Waals surface area contributed by atoms with Crippen molar-refractivity contribution >= 4 is 0 Å². The first-order valence-corrected chi connectivity index (χ1v) is 8.26. The van der Waals surface area contributed by atoms with E-state index in [0.29, 0.717) is 24.8 Å². The Morgan fingerprint density at radius 1 is 1.08 bits per heavy atom. The second-order valence-corrected chi connectivity index (χ2v) is 6.46. The van der Waals surface area contributed by atoms with E-state index >= 15 is 0 Å². The van der Waals surface area contributed by atoms with Crippen molar-refractivity contribution in [2.75, 3.05) is 0 Å². The van der Waals surface area contributed by atoms with Crippen LogP contribution in [0.1, 0.15) is 37.7 Å². The third-order valence-electron chi connectivity index (χ3n) is 4.42. The first kappa shape index (κ1) is 20.6. The van der Waals surface area contributed by atoms with Gasteiger partial charge >= 0.3 is 12.5 Å². The molecule has 0 bridgehead atoms. The topological polar surface area (TPSA) is 18.5 Å². The van der Waals surface area contributed by atoms with E-state index < -0.39 is 37.1 Å². The predicted molar refractivity (Wildman–Crippen MR) is 83.1 cm³/mol. The van der Waals surface area contributed by atoms with Gasteiger partial charge in [0.25, 0.3) is 0 Å². The highest BCUT2D eigenvalue weighted by atomic mass is 19.4. The molecule has 0 heterocycles. The average Bonchev–Trinajstić information content (AvgIpc) is 2.54. The van der Waals surface area contributed by atoms with Crippen molar-refractivity contribution in [2.24, 2.45) is 11.8 Å². The molecule has 2 nitrogen and oxygen atoms in total. The molecule has 0 unspecified atom stereocenters.